The Morgan fingerprint density at radius 1 is 1.16 bits per heavy atom. The van der Waals surface area contributed by atoms with E-state index < -0.39 is 0 Å². The van der Waals surface area contributed by atoms with Gasteiger partial charge in [-0.3, -0.25) is 9.59 Å². The van der Waals surface area contributed by atoms with Gasteiger partial charge in [0, 0.05) is 55.5 Å². The second-order valence-corrected chi connectivity index (χ2v) is 10.8. The van der Waals surface area contributed by atoms with Crippen LogP contribution in [0.25, 0.3) is 22.0 Å². The Labute approximate surface area is 218 Å². The minimum Gasteiger partial charge on any atom is -0.394 e. The van der Waals surface area contributed by atoms with Gasteiger partial charge in [-0.05, 0) is 37.0 Å². The number of aliphatic hydroxyl groups is 1. The highest BCUT2D eigenvalue weighted by atomic mass is 16.5. The van der Waals surface area contributed by atoms with E-state index in [-0.39, 0.29) is 42.4 Å². The highest BCUT2D eigenvalue weighted by Crippen LogP contribution is 2.38. The fourth-order valence-electron chi connectivity index (χ4n) is 5.53. The number of benzene rings is 2. The van der Waals surface area contributed by atoms with Crippen LogP contribution < -0.4 is 0 Å². The summed E-state index contributed by atoms with van der Waals surface area (Å²) >= 11 is 0. The smallest absolute Gasteiger partial charge is 0.271 e. The van der Waals surface area contributed by atoms with E-state index in [0.29, 0.717) is 25.4 Å². The Morgan fingerprint density at radius 3 is 2.59 bits per heavy atom. The maximum atomic E-state index is 14.3. The molecule has 196 valence electrons. The van der Waals surface area contributed by atoms with E-state index in [9.17, 15) is 14.7 Å². The number of rotatable bonds is 5. The monoisotopic (exact) mass is 503 g/mol. The highest BCUT2D eigenvalue weighted by Gasteiger charge is 2.36. The molecule has 2 aliphatic rings. The number of nitrogens with zero attached hydrogens (tertiary/aromatic N) is 3. The molecule has 3 atom stereocenters. The van der Waals surface area contributed by atoms with Gasteiger partial charge in [0.25, 0.3) is 5.91 Å². The number of hydrogen-bond acceptors (Lipinski definition) is 4. The number of amides is 2. The number of ether oxygens (including phenoxy) is 1. The zero-order valence-electron chi connectivity index (χ0n) is 22.2. The zero-order chi connectivity index (χ0) is 26.3. The van der Waals surface area contributed by atoms with E-state index in [1.165, 1.54) is 0 Å². The minimum absolute atomic E-state index is 0.0594. The molecule has 1 aliphatic carbocycles. The molecule has 1 aliphatic heterocycles. The fourth-order valence-corrected chi connectivity index (χ4v) is 5.53. The summed E-state index contributed by atoms with van der Waals surface area (Å²) in [7, 11) is 3.78. The molecule has 1 fully saturated rings. The normalized spacial score (nSPS) is 21.2. The van der Waals surface area contributed by atoms with Gasteiger partial charge >= 0.3 is 0 Å². The Morgan fingerprint density at radius 2 is 1.86 bits per heavy atom. The van der Waals surface area contributed by atoms with Crippen molar-refractivity contribution in [1.82, 2.24) is 14.4 Å². The van der Waals surface area contributed by atoms with Crippen LogP contribution in [-0.2, 0) is 23.2 Å². The quantitative estimate of drug-likeness (QED) is 0.570. The van der Waals surface area contributed by atoms with Crippen molar-refractivity contribution >= 4 is 22.7 Å². The van der Waals surface area contributed by atoms with Crippen molar-refractivity contribution in [3.05, 3.63) is 59.8 Å². The molecule has 37 heavy (non-hydrogen) atoms. The number of aliphatic hydroxyl groups excluding tert-OH is 1. The first kappa shape index (κ1) is 25.5. The number of aryl methyl sites for hydroxylation is 1. The van der Waals surface area contributed by atoms with Crippen molar-refractivity contribution < 1.29 is 19.4 Å². The summed E-state index contributed by atoms with van der Waals surface area (Å²) in [6.07, 6.45) is 1.65. The minimum atomic E-state index is -0.372. The third-order valence-corrected chi connectivity index (χ3v) is 7.98. The van der Waals surface area contributed by atoms with Gasteiger partial charge in [0.2, 0.25) is 5.91 Å². The maximum Gasteiger partial charge on any atom is 0.271 e. The van der Waals surface area contributed by atoms with E-state index in [2.05, 4.69) is 25.1 Å². The summed E-state index contributed by atoms with van der Waals surface area (Å²) in [6.45, 7) is 5.05. The van der Waals surface area contributed by atoms with Crippen molar-refractivity contribution in [3.8, 4) is 11.1 Å². The molecule has 0 bridgehead atoms. The van der Waals surface area contributed by atoms with Crippen LogP contribution in [0.15, 0.2) is 48.5 Å². The molecule has 2 aromatic carbocycles. The maximum absolute atomic E-state index is 14.3. The Kier molecular flexibility index (Phi) is 7.10. The molecule has 0 spiro atoms. The van der Waals surface area contributed by atoms with Gasteiger partial charge in [-0.25, -0.2) is 0 Å². The summed E-state index contributed by atoms with van der Waals surface area (Å²) in [5.41, 5.74) is 4.46. The van der Waals surface area contributed by atoms with Gasteiger partial charge < -0.3 is 24.2 Å². The number of carbonyl (C=O) groups excluding carboxylic acids is 2. The van der Waals surface area contributed by atoms with Crippen molar-refractivity contribution in [3.63, 3.8) is 0 Å². The molecule has 1 saturated carbocycles. The van der Waals surface area contributed by atoms with Crippen molar-refractivity contribution in [1.29, 1.82) is 0 Å². The molecule has 0 unspecified atom stereocenters. The average molecular weight is 504 g/mol. The van der Waals surface area contributed by atoms with Crippen molar-refractivity contribution in [2.75, 3.05) is 26.7 Å². The molecule has 0 radical (unpaired) electrons. The average Bonchev–Trinajstić information content (AvgIpc) is 3.72. The molecule has 2 heterocycles. The molecule has 2 amide bonds. The van der Waals surface area contributed by atoms with Crippen molar-refractivity contribution in [2.24, 2.45) is 18.9 Å². The first-order valence-electron chi connectivity index (χ1n) is 13.3. The fraction of sp³-hybridized carbons (Fsp3) is 0.467. The zero-order valence-corrected chi connectivity index (χ0v) is 22.2. The van der Waals surface area contributed by atoms with E-state index in [1.807, 2.05) is 55.9 Å². The Balaban J connectivity index is 1.63. The number of fused-ring (bicyclic) bond motifs is 5. The summed E-state index contributed by atoms with van der Waals surface area (Å²) in [4.78, 5) is 30.6. The second-order valence-electron chi connectivity index (χ2n) is 10.8. The molecule has 7 nitrogen and oxygen atoms in total. The van der Waals surface area contributed by atoms with Crippen LogP contribution in [0, 0.1) is 11.8 Å². The molecular weight excluding hydrogens is 466 g/mol. The van der Waals surface area contributed by atoms with Gasteiger partial charge in [-0.2, -0.15) is 0 Å². The van der Waals surface area contributed by atoms with Crippen LogP contribution in [0.3, 0.4) is 0 Å². The van der Waals surface area contributed by atoms with Gasteiger partial charge in [0.05, 0.1) is 25.4 Å². The SMILES string of the molecule is C[C@H]1CN([C@@H](C)CO)C(=O)c2c(c3ccccc3n2C)-c2ccccc2CO[C@H]1CN(C)C(=O)C1CC1. The number of hydrogen-bond donors (Lipinski definition) is 1. The largest absolute Gasteiger partial charge is 0.394 e. The van der Waals surface area contributed by atoms with Crippen LogP contribution in [0.2, 0.25) is 0 Å². The topological polar surface area (TPSA) is 75.0 Å². The molecule has 3 aromatic rings. The van der Waals surface area contributed by atoms with Crippen LogP contribution in [0.4, 0.5) is 0 Å². The number of carbonyl (C=O) groups is 2. The van der Waals surface area contributed by atoms with E-state index in [4.69, 9.17) is 4.74 Å². The molecule has 0 saturated heterocycles. The molecule has 7 heteroatoms. The van der Waals surface area contributed by atoms with Gasteiger partial charge in [0.1, 0.15) is 5.69 Å². The molecule has 5 rings (SSSR count). The molecule has 1 N–H and O–H groups in total. The predicted octanol–water partition coefficient (Wildman–Crippen LogP) is 4.07. The Hall–Kier alpha value is -3.16. The van der Waals surface area contributed by atoms with Gasteiger partial charge in [-0.15, -0.1) is 0 Å². The lowest BCUT2D eigenvalue weighted by Crippen LogP contribution is -2.48. The van der Waals surface area contributed by atoms with Crippen LogP contribution >= 0.6 is 0 Å². The summed E-state index contributed by atoms with van der Waals surface area (Å²) in [6, 6.07) is 15.8. The molecular formula is C30H37N3O4. The van der Waals surface area contributed by atoms with Crippen LogP contribution in [0.1, 0.15) is 42.7 Å². The summed E-state index contributed by atoms with van der Waals surface area (Å²) < 4.78 is 8.54. The third kappa shape index (κ3) is 4.78. The van der Waals surface area contributed by atoms with Crippen LogP contribution in [-0.4, -0.2) is 70.2 Å². The number of para-hydroxylation sites is 1. The highest BCUT2D eigenvalue weighted by molar-refractivity contribution is 6.10. The summed E-state index contributed by atoms with van der Waals surface area (Å²) in [5, 5.41) is 11.1. The van der Waals surface area contributed by atoms with Crippen molar-refractivity contribution in [2.45, 2.75) is 45.4 Å². The number of aromatic nitrogens is 1. The first-order valence-corrected chi connectivity index (χ1v) is 13.3. The number of likely N-dealkylation sites (N-methyl/N-ethyl adjacent to an activating group) is 1. The van der Waals surface area contributed by atoms with Gasteiger partial charge in [-0.1, -0.05) is 49.4 Å². The standard InChI is InChI=1S/C30H37N3O4/c1-19-15-33(20(2)17-34)30(36)28-27(24-11-7-8-12-25(24)32(28)4)23-10-6-5-9-22(23)18-37-26(19)16-31(3)29(35)21-13-14-21/h5-12,19-21,26,34H,13-18H2,1-4H3/t19-,20-,26-/m0/s1. The Bertz CT molecular complexity index is 1310. The second kappa shape index (κ2) is 10.3. The van der Waals surface area contributed by atoms with E-state index in [1.54, 1.807) is 9.80 Å². The third-order valence-electron chi connectivity index (χ3n) is 7.98. The van der Waals surface area contributed by atoms with E-state index >= 15 is 0 Å². The predicted molar refractivity (Wildman–Crippen MR) is 144 cm³/mol. The molecule has 1 aromatic heterocycles. The lowest BCUT2D eigenvalue weighted by Gasteiger charge is -2.35. The van der Waals surface area contributed by atoms with Crippen LogP contribution in [0.5, 0.6) is 0 Å². The van der Waals surface area contributed by atoms with Gasteiger partial charge in [0.15, 0.2) is 0 Å². The first-order chi connectivity index (χ1) is 17.8. The van der Waals surface area contributed by atoms with E-state index in [0.717, 1.165) is 40.4 Å². The summed E-state index contributed by atoms with van der Waals surface area (Å²) in [5.74, 6) is 0.135. The lowest BCUT2D eigenvalue weighted by atomic mass is 9.96. The lowest BCUT2D eigenvalue weighted by molar-refractivity contribution is -0.134.